The molecule has 6 rings (SSSR count). The molecule has 2 N–H and O–H groups in total. The van der Waals surface area contributed by atoms with Crippen LogP contribution in [0.2, 0.25) is 0 Å². The Bertz CT molecular complexity index is 1850. The number of carbonyl (C=O) groups is 2. The number of halogens is 4. The van der Waals surface area contributed by atoms with Gasteiger partial charge in [0.1, 0.15) is 22.7 Å². The van der Waals surface area contributed by atoms with Gasteiger partial charge < -0.3 is 14.8 Å². The van der Waals surface area contributed by atoms with Crippen molar-refractivity contribution in [2.45, 2.75) is 43.5 Å². The summed E-state index contributed by atoms with van der Waals surface area (Å²) in [6, 6.07) is 16.4. The second kappa shape index (κ2) is 11.3. The van der Waals surface area contributed by atoms with Crippen LogP contribution in [0, 0.1) is 5.82 Å². The molecule has 0 aliphatic heterocycles. The smallest absolute Gasteiger partial charge is 0.389 e. The van der Waals surface area contributed by atoms with Crippen LogP contribution in [-0.2, 0) is 12.0 Å². The third-order valence-electron chi connectivity index (χ3n) is 7.80. The van der Waals surface area contributed by atoms with E-state index in [0.29, 0.717) is 39.8 Å². The molecule has 44 heavy (non-hydrogen) atoms. The SMILES string of the molecule is O=Cc1c(-c2ccc(F)cc2)oc2cc(CCC(F)(F)F)c(-c3cccc(C(=O)NC4(c5ncccn5)CC(O)C4)c3)cc12. The Morgan fingerprint density at radius 2 is 1.75 bits per heavy atom. The third kappa shape index (κ3) is 5.70. The summed E-state index contributed by atoms with van der Waals surface area (Å²) in [6.07, 6.45) is -2.39. The van der Waals surface area contributed by atoms with Crippen molar-refractivity contribution < 1.29 is 36.7 Å². The quantitative estimate of drug-likeness (QED) is 0.150. The van der Waals surface area contributed by atoms with E-state index in [9.17, 15) is 32.3 Å². The predicted molar refractivity (Wildman–Crippen MR) is 153 cm³/mol. The van der Waals surface area contributed by atoms with E-state index in [1.165, 1.54) is 30.3 Å². The highest BCUT2D eigenvalue weighted by Gasteiger charge is 2.48. The lowest BCUT2D eigenvalue weighted by molar-refractivity contribution is -0.133. The molecule has 0 spiro atoms. The molecular formula is C33H25F4N3O4. The Morgan fingerprint density at radius 1 is 1.02 bits per heavy atom. The maximum Gasteiger partial charge on any atom is 0.389 e. The van der Waals surface area contributed by atoms with Gasteiger partial charge in [0.25, 0.3) is 5.91 Å². The highest BCUT2D eigenvalue weighted by Crippen LogP contribution is 2.41. The first kappa shape index (κ1) is 29.2. The predicted octanol–water partition coefficient (Wildman–Crippen LogP) is 6.78. The average Bonchev–Trinajstić information content (AvgIpc) is 3.36. The number of alkyl halides is 3. The lowest BCUT2D eigenvalue weighted by atomic mass is 9.73. The van der Waals surface area contributed by atoms with Crippen LogP contribution in [-0.4, -0.2) is 39.5 Å². The lowest BCUT2D eigenvalue weighted by Gasteiger charge is -2.44. The number of aldehydes is 1. The van der Waals surface area contributed by atoms with E-state index in [0.717, 1.165) is 0 Å². The van der Waals surface area contributed by atoms with Gasteiger partial charge in [-0.15, -0.1) is 0 Å². The van der Waals surface area contributed by atoms with E-state index in [1.54, 1.807) is 48.8 Å². The number of nitrogens with one attached hydrogen (secondary N) is 1. The number of aliphatic hydroxyl groups is 1. The number of fused-ring (bicyclic) bond motifs is 1. The molecule has 0 atom stereocenters. The van der Waals surface area contributed by atoms with Crippen LogP contribution in [0.25, 0.3) is 33.4 Å². The van der Waals surface area contributed by atoms with E-state index >= 15 is 0 Å². The minimum Gasteiger partial charge on any atom is -0.455 e. The first-order valence-corrected chi connectivity index (χ1v) is 13.8. The van der Waals surface area contributed by atoms with Crippen molar-refractivity contribution >= 4 is 23.2 Å². The number of aromatic nitrogens is 2. The van der Waals surface area contributed by atoms with Crippen molar-refractivity contribution in [3.05, 3.63) is 107 Å². The van der Waals surface area contributed by atoms with Crippen molar-refractivity contribution in [1.82, 2.24) is 15.3 Å². The fraction of sp³-hybridized carbons (Fsp3) is 0.212. The molecule has 1 aliphatic rings. The molecule has 0 radical (unpaired) electrons. The molecule has 3 aromatic carbocycles. The molecule has 1 aliphatic carbocycles. The van der Waals surface area contributed by atoms with Crippen LogP contribution in [0.4, 0.5) is 17.6 Å². The average molecular weight is 604 g/mol. The summed E-state index contributed by atoms with van der Waals surface area (Å²) in [7, 11) is 0. The number of rotatable bonds is 8. The topological polar surface area (TPSA) is 105 Å². The van der Waals surface area contributed by atoms with Crippen LogP contribution < -0.4 is 5.32 Å². The Balaban J connectivity index is 1.41. The van der Waals surface area contributed by atoms with Gasteiger partial charge in [-0.1, -0.05) is 12.1 Å². The van der Waals surface area contributed by atoms with Crippen LogP contribution >= 0.6 is 0 Å². The summed E-state index contributed by atoms with van der Waals surface area (Å²) in [6.45, 7) is 0. The van der Waals surface area contributed by atoms with Gasteiger partial charge in [-0.2, -0.15) is 13.2 Å². The zero-order valence-corrected chi connectivity index (χ0v) is 23.1. The monoisotopic (exact) mass is 603 g/mol. The molecule has 0 unspecified atom stereocenters. The highest BCUT2D eigenvalue weighted by atomic mass is 19.4. The zero-order valence-electron chi connectivity index (χ0n) is 23.1. The number of aryl methyl sites for hydroxylation is 1. The standard InChI is InChI=1S/C33H25F4N3O4/c34-23-7-5-19(6-8-23)29-27(18-41)26-15-25(21(14-28(26)44-29)9-10-33(35,36)37)20-3-1-4-22(13-20)30(43)40-32(16-24(42)17-32)31-38-11-2-12-39-31/h1-8,11-15,18,24,42H,9-10,16-17H2,(H,40,43). The molecule has 2 aromatic heterocycles. The second-order valence-electron chi connectivity index (χ2n) is 10.8. The molecule has 11 heteroatoms. The molecule has 5 aromatic rings. The maximum atomic E-state index is 13.5. The van der Waals surface area contributed by atoms with Gasteiger partial charge in [-0.05, 0) is 77.7 Å². The Morgan fingerprint density at radius 3 is 2.41 bits per heavy atom. The van der Waals surface area contributed by atoms with Crippen LogP contribution in [0.15, 0.2) is 83.5 Å². The number of aliphatic hydroxyl groups excluding tert-OH is 1. The summed E-state index contributed by atoms with van der Waals surface area (Å²) < 4.78 is 59.4. The molecular weight excluding hydrogens is 578 g/mol. The molecule has 0 saturated heterocycles. The summed E-state index contributed by atoms with van der Waals surface area (Å²) in [5.41, 5.74) is 1.22. The summed E-state index contributed by atoms with van der Waals surface area (Å²) in [5, 5.41) is 13.3. The second-order valence-corrected chi connectivity index (χ2v) is 10.8. The van der Waals surface area contributed by atoms with E-state index in [4.69, 9.17) is 4.42 Å². The number of hydrogen-bond acceptors (Lipinski definition) is 6. The van der Waals surface area contributed by atoms with Gasteiger partial charge in [0.2, 0.25) is 0 Å². The minimum atomic E-state index is -4.43. The zero-order chi connectivity index (χ0) is 31.1. The van der Waals surface area contributed by atoms with Crippen molar-refractivity contribution in [3.63, 3.8) is 0 Å². The number of nitrogens with zero attached hydrogens (tertiary/aromatic N) is 2. The van der Waals surface area contributed by atoms with Crippen molar-refractivity contribution in [3.8, 4) is 22.5 Å². The Hall–Kier alpha value is -4.90. The molecule has 2 heterocycles. The first-order valence-electron chi connectivity index (χ1n) is 13.8. The molecule has 1 amide bonds. The fourth-order valence-corrected chi connectivity index (χ4v) is 5.64. The van der Waals surface area contributed by atoms with Gasteiger partial charge in [-0.25, -0.2) is 14.4 Å². The third-order valence-corrected chi connectivity index (χ3v) is 7.80. The number of amides is 1. The molecule has 224 valence electrons. The van der Waals surface area contributed by atoms with E-state index < -0.39 is 36.0 Å². The molecule has 7 nitrogen and oxygen atoms in total. The van der Waals surface area contributed by atoms with Crippen molar-refractivity contribution in [2.75, 3.05) is 0 Å². The normalized spacial score (nSPS) is 18.2. The van der Waals surface area contributed by atoms with Gasteiger partial charge in [0.15, 0.2) is 12.1 Å². The van der Waals surface area contributed by atoms with Crippen molar-refractivity contribution in [1.29, 1.82) is 0 Å². The van der Waals surface area contributed by atoms with E-state index in [-0.39, 0.29) is 41.7 Å². The molecule has 1 fully saturated rings. The number of furan rings is 1. The Labute approximate surface area is 248 Å². The maximum absolute atomic E-state index is 13.5. The molecule has 0 bridgehead atoms. The number of carbonyl (C=O) groups excluding carboxylic acids is 2. The summed E-state index contributed by atoms with van der Waals surface area (Å²) in [5.74, 6) is -0.417. The minimum absolute atomic E-state index is 0.164. The number of hydrogen-bond donors (Lipinski definition) is 2. The van der Waals surface area contributed by atoms with Crippen LogP contribution in [0.5, 0.6) is 0 Å². The van der Waals surface area contributed by atoms with Crippen molar-refractivity contribution in [2.24, 2.45) is 0 Å². The molecule has 1 saturated carbocycles. The van der Waals surface area contributed by atoms with Gasteiger partial charge in [0.05, 0.1) is 11.7 Å². The first-order chi connectivity index (χ1) is 21.0. The van der Waals surface area contributed by atoms with E-state index in [2.05, 4.69) is 15.3 Å². The largest absolute Gasteiger partial charge is 0.455 e. The van der Waals surface area contributed by atoms with Gasteiger partial charge >= 0.3 is 6.18 Å². The number of benzene rings is 3. The van der Waals surface area contributed by atoms with Crippen LogP contribution in [0.3, 0.4) is 0 Å². The Kier molecular flexibility index (Phi) is 7.50. The summed E-state index contributed by atoms with van der Waals surface area (Å²) in [4.78, 5) is 34.2. The van der Waals surface area contributed by atoms with Crippen LogP contribution in [0.1, 0.15) is 51.4 Å². The lowest BCUT2D eigenvalue weighted by Crippen LogP contribution is -2.57. The highest BCUT2D eigenvalue weighted by molar-refractivity contribution is 6.04. The van der Waals surface area contributed by atoms with Gasteiger partial charge in [0, 0.05) is 48.2 Å². The fourth-order valence-electron chi connectivity index (χ4n) is 5.64. The summed E-state index contributed by atoms with van der Waals surface area (Å²) >= 11 is 0. The van der Waals surface area contributed by atoms with E-state index in [1.807, 2.05) is 0 Å². The van der Waals surface area contributed by atoms with Gasteiger partial charge in [-0.3, -0.25) is 9.59 Å².